The fourth-order valence-electron chi connectivity index (χ4n) is 3.03. The van der Waals surface area contributed by atoms with Crippen molar-refractivity contribution in [1.29, 1.82) is 0 Å². The molecule has 0 unspecified atom stereocenters. The Balaban J connectivity index is 1.59. The number of benzene rings is 3. The highest BCUT2D eigenvalue weighted by atomic mass is 127. The van der Waals surface area contributed by atoms with Crippen LogP contribution < -0.4 is 9.47 Å². The minimum Gasteiger partial charge on any atom is -0.493 e. The van der Waals surface area contributed by atoms with Gasteiger partial charge in [-0.3, -0.25) is 0 Å². The summed E-state index contributed by atoms with van der Waals surface area (Å²) in [5.74, 6) is 0.330. The van der Waals surface area contributed by atoms with Crippen molar-refractivity contribution in [2.45, 2.75) is 6.61 Å². The van der Waals surface area contributed by atoms with E-state index in [0.29, 0.717) is 29.2 Å². The van der Waals surface area contributed by atoms with Crippen molar-refractivity contribution in [3.05, 3.63) is 96.9 Å². The van der Waals surface area contributed by atoms with Gasteiger partial charge in [0.05, 0.1) is 10.7 Å². The third-order valence-electron chi connectivity index (χ3n) is 4.54. The third-order valence-corrected chi connectivity index (χ3v) is 5.83. The molecule has 1 aliphatic heterocycles. The van der Waals surface area contributed by atoms with E-state index in [2.05, 4.69) is 43.5 Å². The lowest BCUT2D eigenvalue weighted by atomic mass is 10.1. The first-order valence-corrected chi connectivity index (χ1v) is 11.3. The zero-order valence-corrected chi connectivity index (χ0v) is 20.5. The predicted molar refractivity (Wildman–Crippen MR) is 131 cm³/mol. The van der Waals surface area contributed by atoms with Crippen molar-refractivity contribution in [3.63, 3.8) is 0 Å². The Hall–Kier alpha value is -2.72. The molecule has 0 aliphatic carbocycles. The van der Waals surface area contributed by atoms with Gasteiger partial charge in [0.15, 0.2) is 17.2 Å². The molecule has 8 heteroatoms. The Morgan fingerprint density at radius 2 is 1.94 bits per heavy atom. The van der Waals surface area contributed by atoms with Gasteiger partial charge in [-0.1, -0.05) is 28.1 Å². The summed E-state index contributed by atoms with van der Waals surface area (Å²) in [6, 6.07) is 17.1. The zero-order valence-electron chi connectivity index (χ0n) is 16.8. The van der Waals surface area contributed by atoms with Gasteiger partial charge in [0.1, 0.15) is 12.4 Å². The number of esters is 1. The summed E-state index contributed by atoms with van der Waals surface area (Å²) in [4.78, 5) is 16.5. The summed E-state index contributed by atoms with van der Waals surface area (Å²) in [7, 11) is 1.56. The fourth-order valence-corrected chi connectivity index (χ4v) is 4.26. The van der Waals surface area contributed by atoms with Crippen LogP contribution in [0.5, 0.6) is 11.5 Å². The van der Waals surface area contributed by atoms with Gasteiger partial charge >= 0.3 is 5.97 Å². The Morgan fingerprint density at radius 3 is 2.66 bits per heavy atom. The van der Waals surface area contributed by atoms with E-state index >= 15 is 0 Å². The summed E-state index contributed by atoms with van der Waals surface area (Å²) in [5.41, 5.74) is 2.38. The number of rotatable bonds is 6. The smallest absolute Gasteiger partial charge is 0.363 e. The number of methoxy groups -OCH3 is 1. The first kappa shape index (κ1) is 22.5. The number of nitrogens with zero attached hydrogens (tertiary/aromatic N) is 1. The average Bonchev–Trinajstić information content (AvgIpc) is 3.13. The largest absolute Gasteiger partial charge is 0.493 e. The monoisotopic (exact) mass is 607 g/mol. The molecular formula is C24H16BrFINO4. The van der Waals surface area contributed by atoms with Gasteiger partial charge in [-0.15, -0.1) is 0 Å². The molecule has 32 heavy (non-hydrogen) atoms. The Kier molecular flexibility index (Phi) is 6.90. The molecule has 0 N–H and O–H groups in total. The molecule has 3 aromatic carbocycles. The van der Waals surface area contributed by atoms with Crippen LogP contribution in [0.15, 0.2) is 75.8 Å². The molecule has 0 amide bonds. The van der Waals surface area contributed by atoms with E-state index in [0.717, 1.165) is 13.6 Å². The molecule has 0 saturated heterocycles. The third kappa shape index (κ3) is 5.18. The molecule has 162 valence electrons. The maximum absolute atomic E-state index is 13.1. The number of aliphatic imine (C=N–C) groups is 1. The van der Waals surface area contributed by atoms with Crippen LogP contribution in [0.2, 0.25) is 0 Å². The van der Waals surface area contributed by atoms with Crippen LogP contribution in [0.25, 0.3) is 6.08 Å². The highest BCUT2D eigenvalue weighted by molar-refractivity contribution is 14.1. The topological polar surface area (TPSA) is 57.1 Å². The van der Waals surface area contributed by atoms with Gasteiger partial charge in [-0.25, -0.2) is 14.2 Å². The Bertz CT molecular complexity index is 1240. The minimum absolute atomic E-state index is 0.136. The zero-order chi connectivity index (χ0) is 22.7. The van der Waals surface area contributed by atoms with E-state index in [1.807, 2.05) is 30.3 Å². The normalized spacial score (nSPS) is 14.3. The van der Waals surface area contributed by atoms with Crippen molar-refractivity contribution in [2.75, 3.05) is 7.11 Å². The van der Waals surface area contributed by atoms with Gasteiger partial charge < -0.3 is 14.2 Å². The number of halogens is 3. The number of hydrogen-bond acceptors (Lipinski definition) is 5. The van der Waals surface area contributed by atoms with Gasteiger partial charge in [-0.05, 0) is 88.3 Å². The van der Waals surface area contributed by atoms with Crippen LogP contribution in [0, 0.1) is 9.39 Å². The molecule has 0 saturated carbocycles. The molecule has 0 radical (unpaired) electrons. The van der Waals surface area contributed by atoms with Crippen molar-refractivity contribution in [1.82, 2.24) is 0 Å². The second-order valence-electron chi connectivity index (χ2n) is 6.80. The molecule has 1 aliphatic rings. The molecule has 0 spiro atoms. The van der Waals surface area contributed by atoms with E-state index in [-0.39, 0.29) is 17.4 Å². The van der Waals surface area contributed by atoms with Crippen LogP contribution in [0.4, 0.5) is 4.39 Å². The molecule has 5 nitrogen and oxygen atoms in total. The van der Waals surface area contributed by atoms with Gasteiger partial charge in [0, 0.05) is 10.0 Å². The molecule has 0 bridgehead atoms. The van der Waals surface area contributed by atoms with Gasteiger partial charge in [-0.2, -0.15) is 0 Å². The van der Waals surface area contributed by atoms with Crippen molar-refractivity contribution < 1.29 is 23.4 Å². The number of ether oxygens (including phenoxy) is 3. The maximum Gasteiger partial charge on any atom is 0.363 e. The Morgan fingerprint density at radius 1 is 1.16 bits per heavy atom. The Labute approximate surface area is 206 Å². The van der Waals surface area contributed by atoms with E-state index in [1.54, 1.807) is 19.3 Å². The summed E-state index contributed by atoms with van der Waals surface area (Å²) in [6.07, 6.45) is 1.61. The lowest BCUT2D eigenvalue weighted by molar-refractivity contribution is -0.129. The second kappa shape index (κ2) is 9.83. The molecule has 0 atom stereocenters. The lowest BCUT2D eigenvalue weighted by Crippen LogP contribution is -2.05. The van der Waals surface area contributed by atoms with Gasteiger partial charge in [0.25, 0.3) is 0 Å². The summed E-state index contributed by atoms with van der Waals surface area (Å²) >= 11 is 5.62. The van der Waals surface area contributed by atoms with Crippen molar-refractivity contribution in [3.8, 4) is 11.5 Å². The fraction of sp³-hybridized carbons (Fsp3) is 0.0833. The van der Waals surface area contributed by atoms with Crippen LogP contribution in [-0.4, -0.2) is 19.0 Å². The number of cyclic esters (lactones) is 1. The molecule has 0 fully saturated rings. The summed E-state index contributed by atoms with van der Waals surface area (Å²) in [5, 5.41) is 0. The highest BCUT2D eigenvalue weighted by Gasteiger charge is 2.24. The predicted octanol–water partition coefficient (Wildman–Crippen LogP) is 6.12. The van der Waals surface area contributed by atoms with E-state index in [9.17, 15) is 9.18 Å². The number of carbonyl (C=O) groups is 1. The van der Waals surface area contributed by atoms with Crippen molar-refractivity contribution >= 4 is 56.5 Å². The summed E-state index contributed by atoms with van der Waals surface area (Å²) in [6.45, 7) is 0.379. The number of carbonyl (C=O) groups excluding carboxylic acids is 1. The van der Waals surface area contributed by atoms with E-state index < -0.39 is 5.97 Å². The lowest BCUT2D eigenvalue weighted by Gasteiger charge is -2.14. The second-order valence-corrected chi connectivity index (χ2v) is 8.87. The summed E-state index contributed by atoms with van der Waals surface area (Å²) < 4.78 is 31.7. The van der Waals surface area contributed by atoms with E-state index in [1.165, 1.54) is 24.3 Å². The molecule has 3 aromatic rings. The molecule has 4 rings (SSSR count). The van der Waals surface area contributed by atoms with E-state index in [4.69, 9.17) is 14.2 Å². The minimum atomic E-state index is -0.576. The standard InChI is InChI=1S/C24H16BrFINO4/c1-30-21-12-15(10-19(27)22(21)31-13-14-3-2-4-17(25)9-14)11-20-24(29)32-23(28-20)16-5-7-18(26)8-6-16/h2-12H,13H2,1H3/b20-11-. The molecule has 0 aromatic heterocycles. The molecular weight excluding hydrogens is 592 g/mol. The van der Waals surface area contributed by atoms with Crippen LogP contribution >= 0.6 is 38.5 Å². The highest BCUT2D eigenvalue weighted by Crippen LogP contribution is 2.35. The van der Waals surface area contributed by atoms with Crippen molar-refractivity contribution in [2.24, 2.45) is 4.99 Å². The van der Waals surface area contributed by atoms with Crippen LogP contribution in [-0.2, 0) is 16.1 Å². The van der Waals surface area contributed by atoms with Gasteiger partial charge in [0.2, 0.25) is 5.90 Å². The quantitative estimate of drug-likeness (QED) is 0.192. The first-order chi connectivity index (χ1) is 15.4. The maximum atomic E-state index is 13.1. The first-order valence-electron chi connectivity index (χ1n) is 9.46. The average molecular weight is 608 g/mol. The van der Waals surface area contributed by atoms with Crippen LogP contribution in [0.3, 0.4) is 0 Å². The van der Waals surface area contributed by atoms with Crippen LogP contribution in [0.1, 0.15) is 16.7 Å². The SMILES string of the molecule is COc1cc(/C=C2\N=C(c3ccc(F)cc3)OC2=O)cc(I)c1OCc1cccc(Br)c1. The molecule has 1 heterocycles. The number of hydrogen-bond donors (Lipinski definition) is 0.